The van der Waals surface area contributed by atoms with Gasteiger partial charge in [-0.3, -0.25) is 9.69 Å². The van der Waals surface area contributed by atoms with Gasteiger partial charge in [-0.2, -0.15) is 0 Å². The van der Waals surface area contributed by atoms with Crippen LogP contribution in [0.4, 0.5) is 0 Å². The molecular formula is C18H25N3O3. The smallest absolute Gasteiger partial charge is 0.238 e. The van der Waals surface area contributed by atoms with E-state index in [9.17, 15) is 9.90 Å². The highest BCUT2D eigenvalue weighted by atomic mass is 16.5. The fraction of sp³-hybridized carbons (Fsp3) is 0.611. The van der Waals surface area contributed by atoms with Gasteiger partial charge in [0.1, 0.15) is 5.75 Å². The van der Waals surface area contributed by atoms with Crippen molar-refractivity contribution in [2.45, 2.75) is 43.5 Å². The van der Waals surface area contributed by atoms with Crippen LogP contribution in [0.5, 0.6) is 5.75 Å². The number of nitrogens with one attached hydrogen (secondary N) is 2. The Morgan fingerprint density at radius 3 is 3.17 bits per heavy atom. The Kier molecular flexibility index (Phi) is 3.98. The Labute approximate surface area is 142 Å². The van der Waals surface area contributed by atoms with Crippen LogP contribution < -0.4 is 15.4 Å². The second kappa shape index (κ2) is 6.02. The Morgan fingerprint density at radius 2 is 2.29 bits per heavy atom. The molecule has 2 fully saturated rings. The van der Waals surface area contributed by atoms with Crippen LogP contribution in [0.15, 0.2) is 24.3 Å². The third-order valence-electron chi connectivity index (χ3n) is 5.34. The van der Waals surface area contributed by atoms with E-state index in [2.05, 4.69) is 15.5 Å². The number of hydrogen-bond acceptors (Lipinski definition) is 5. The summed E-state index contributed by atoms with van der Waals surface area (Å²) in [7, 11) is 0. The maximum Gasteiger partial charge on any atom is 0.238 e. The number of rotatable bonds is 2. The lowest BCUT2D eigenvalue weighted by atomic mass is 9.99. The third kappa shape index (κ3) is 3.01. The second-order valence-corrected chi connectivity index (χ2v) is 7.48. The van der Waals surface area contributed by atoms with Crippen molar-refractivity contribution in [3.63, 3.8) is 0 Å². The molecule has 0 radical (unpaired) electrons. The van der Waals surface area contributed by atoms with E-state index in [0.29, 0.717) is 25.7 Å². The highest BCUT2D eigenvalue weighted by Crippen LogP contribution is 2.32. The van der Waals surface area contributed by atoms with Crippen molar-refractivity contribution in [2.75, 3.05) is 26.2 Å². The zero-order valence-corrected chi connectivity index (χ0v) is 14.0. The first-order valence-electron chi connectivity index (χ1n) is 8.74. The molecule has 1 aromatic carbocycles. The van der Waals surface area contributed by atoms with Crippen molar-refractivity contribution in [3.8, 4) is 5.75 Å². The van der Waals surface area contributed by atoms with Crippen LogP contribution in [0.3, 0.4) is 0 Å². The van der Waals surface area contributed by atoms with Crippen LogP contribution in [0.1, 0.15) is 31.4 Å². The van der Waals surface area contributed by atoms with Gasteiger partial charge < -0.3 is 20.5 Å². The number of benzene rings is 1. The number of hydrogen-bond donors (Lipinski definition) is 3. The normalized spacial score (nSPS) is 35.7. The molecule has 0 spiro atoms. The fourth-order valence-corrected chi connectivity index (χ4v) is 4.20. The number of piperazine rings is 1. The standard InChI is InChI=1S/C18H25N3O3/c1-18(23)8-12-9-19-15(10-21(12)11-18)17(22)20-14-6-7-24-16-5-3-2-4-13(14)16/h2-5,12,14-15,19,23H,6-11H2,1H3,(H,20,22)/t12?,14-,15?,18?/m1/s1. The largest absolute Gasteiger partial charge is 0.493 e. The minimum Gasteiger partial charge on any atom is -0.493 e. The summed E-state index contributed by atoms with van der Waals surface area (Å²) < 4.78 is 5.66. The summed E-state index contributed by atoms with van der Waals surface area (Å²) in [5.41, 5.74) is 0.409. The fourth-order valence-electron chi connectivity index (χ4n) is 4.20. The van der Waals surface area contributed by atoms with Crippen molar-refractivity contribution < 1.29 is 14.6 Å². The maximum atomic E-state index is 12.7. The number of aliphatic hydroxyl groups is 1. The van der Waals surface area contributed by atoms with Gasteiger partial charge in [0.25, 0.3) is 0 Å². The van der Waals surface area contributed by atoms with E-state index in [1.807, 2.05) is 31.2 Å². The highest BCUT2D eigenvalue weighted by Gasteiger charge is 2.43. The average molecular weight is 331 g/mol. The van der Waals surface area contributed by atoms with Gasteiger partial charge in [-0.1, -0.05) is 18.2 Å². The first-order valence-corrected chi connectivity index (χ1v) is 8.74. The molecule has 3 aliphatic rings. The maximum absolute atomic E-state index is 12.7. The van der Waals surface area contributed by atoms with E-state index in [1.54, 1.807) is 0 Å². The molecule has 24 heavy (non-hydrogen) atoms. The number of carbonyl (C=O) groups excluding carboxylic acids is 1. The van der Waals surface area contributed by atoms with E-state index < -0.39 is 5.60 Å². The van der Waals surface area contributed by atoms with Crippen LogP contribution in [0.25, 0.3) is 0 Å². The van der Waals surface area contributed by atoms with Crippen LogP contribution in [-0.4, -0.2) is 59.8 Å². The second-order valence-electron chi connectivity index (χ2n) is 7.48. The number of carbonyl (C=O) groups is 1. The van der Waals surface area contributed by atoms with E-state index in [4.69, 9.17) is 4.74 Å². The minimum atomic E-state index is -0.642. The Morgan fingerprint density at radius 1 is 1.46 bits per heavy atom. The lowest BCUT2D eigenvalue weighted by Crippen LogP contribution is -2.59. The van der Waals surface area contributed by atoms with Gasteiger partial charge in [-0.05, 0) is 19.4 Å². The van der Waals surface area contributed by atoms with Crippen molar-refractivity contribution in [2.24, 2.45) is 0 Å². The molecule has 0 aliphatic carbocycles. The lowest BCUT2D eigenvalue weighted by Gasteiger charge is -2.36. The molecule has 0 bridgehead atoms. The summed E-state index contributed by atoms with van der Waals surface area (Å²) in [4.78, 5) is 15.0. The highest BCUT2D eigenvalue weighted by molar-refractivity contribution is 5.82. The summed E-state index contributed by atoms with van der Waals surface area (Å²) in [5.74, 6) is 0.892. The monoisotopic (exact) mass is 331 g/mol. The molecule has 4 atom stereocenters. The van der Waals surface area contributed by atoms with Gasteiger partial charge in [0.05, 0.1) is 24.3 Å². The lowest BCUT2D eigenvalue weighted by molar-refractivity contribution is -0.125. The van der Waals surface area contributed by atoms with E-state index >= 15 is 0 Å². The number of nitrogens with zero attached hydrogens (tertiary/aromatic N) is 1. The van der Waals surface area contributed by atoms with Gasteiger partial charge in [-0.25, -0.2) is 0 Å². The van der Waals surface area contributed by atoms with Crippen LogP contribution >= 0.6 is 0 Å². The topological polar surface area (TPSA) is 73.8 Å². The predicted octanol–water partition coefficient (Wildman–Crippen LogP) is 0.424. The zero-order valence-electron chi connectivity index (χ0n) is 14.0. The van der Waals surface area contributed by atoms with Gasteiger partial charge in [0.15, 0.2) is 0 Å². The van der Waals surface area contributed by atoms with Crippen molar-refractivity contribution >= 4 is 5.91 Å². The van der Waals surface area contributed by atoms with E-state index in [0.717, 1.165) is 30.7 Å². The van der Waals surface area contributed by atoms with E-state index in [-0.39, 0.29) is 18.0 Å². The zero-order chi connectivity index (χ0) is 16.7. The first kappa shape index (κ1) is 15.9. The number of para-hydroxylation sites is 1. The molecule has 3 aliphatic heterocycles. The minimum absolute atomic E-state index is 0.00339. The quantitative estimate of drug-likeness (QED) is 0.733. The van der Waals surface area contributed by atoms with Gasteiger partial charge in [0, 0.05) is 37.7 Å². The molecule has 3 heterocycles. The van der Waals surface area contributed by atoms with Crippen molar-refractivity contribution in [3.05, 3.63) is 29.8 Å². The van der Waals surface area contributed by atoms with Crippen molar-refractivity contribution in [1.29, 1.82) is 0 Å². The molecule has 6 heteroatoms. The summed E-state index contributed by atoms with van der Waals surface area (Å²) >= 11 is 0. The molecule has 4 rings (SSSR count). The van der Waals surface area contributed by atoms with E-state index in [1.165, 1.54) is 0 Å². The summed E-state index contributed by atoms with van der Waals surface area (Å²) in [6.07, 6.45) is 1.55. The molecule has 3 unspecified atom stereocenters. The number of fused-ring (bicyclic) bond motifs is 2. The number of amides is 1. The molecule has 3 N–H and O–H groups in total. The summed E-state index contributed by atoms with van der Waals surface area (Å²) in [5, 5.41) is 16.8. The molecule has 130 valence electrons. The van der Waals surface area contributed by atoms with Crippen LogP contribution in [0, 0.1) is 0 Å². The molecule has 6 nitrogen and oxygen atoms in total. The average Bonchev–Trinajstić information content (AvgIpc) is 2.88. The molecule has 1 amide bonds. The van der Waals surface area contributed by atoms with Crippen LogP contribution in [0.2, 0.25) is 0 Å². The molecule has 2 saturated heterocycles. The Hall–Kier alpha value is -1.63. The van der Waals surface area contributed by atoms with Crippen molar-refractivity contribution in [1.82, 2.24) is 15.5 Å². The Bertz CT molecular complexity index is 634. The third-order valence-corrected chi connectivity index (χ3v) is 5.34. The first-order chi connectivity index (χ1) is 11.5. The molecule has 1 aromatic rings. The van der Waals surface area contributed by atoms with Crippen LogP contribution in [-0.2, 0) is 4.79 Å². The molecular weight excluding hydrogens is 306 g/mol. The predicted molar refractivity (Wildman–Crippen MR) is 89.8 cm³/mol. The molecule has 0 saturated carbocycles. The summed E-state index contributed by atoms with van der Waals surface area (Å²) in [6.45, 7) is 4.54. The Balaban J connectivity index is 1.41. The van der Waals surface area contributed by atoms with Gasteiger partial charge in [0.2, 0.25) is 5.91 Å². The number of ether oxygens (including phenoxy) is 1. The molecule has 0 aromatic heterocycles. The van der Waals surface area contributed by atoms with Gasteiger partial charge in [-0.15, -0.1) is 0 Å². The summed E-state index contributed by atoms with van der Waals surface area (Å²) in [6, 6.07) is 7.99. The van der Waals surface area contributed by atoms with Gasteiger partial charge >= 0.3 is 0 Å². The SMILES string of the molecule is CC1(O)CC2CNC(C(=O)N[C@@H]3CCOc4ccccc43)CN2C1.